The van der Waals surface area contributed by atoms with Crippen LogP contribution in [0.3, 0.4) is 0 Å². The van der Waals surface area contributed by atoms with Crippen molar-refractivity contribution in [3.05, 3.63) is 47.2 Å². The summed E-state index contributed by atoms with van der Waals surface area (Å²) in [5.41, 5.74) is 2.04. The van der Waals surface area contributed by atoms with Gasteiger partial charge in [-0.15, -0.1) is 0 Å². The quantitative estimate of drug-likeness (QED) is 0.228. The van der Waals surface area contributed by atoms with Gasteiger partial charge in [0, 0.05) is 50.1 Å². The molecule has 0 spiro atoms. The number of hydrogen-bond donors (Lipinski definition) is 0. The molecule has 254 valence electrons. The van der Waals surface area contributed by atoms with Gasteiger partial charge in [-0.2, -0.15) is 15.2 Å². The second-order valence-corrected chi connectivity index (χ2v) is 14.1. The highest BCUT2D eigenvalue weighted by Gasteiger charge is 2.39. The average Bonchev–Trinajstić information content (AvgIpc) is 3.60. The molecule has 3 aliphatic rings. The van der Waals surface area contributed by atoms with Gasteiger partial charge in [0.15, 0.2) is 0 Å². The van der Waals surface area contributed by atoms with Crippen molar-refractivity contribution in [1.82, 2.24) is 19.8 Å². The predicted octanol–water partition coefficient (Wildman–Crippen LogP) is 5.51. The van der Waals surface area contributed by atoms with E-state index in [9.17, 15) is 14.9 Å². The Kier molecular flexibility index (Phi) is 11.6. The number of benzene rings is 1. The van der Waals surface area contributed by atoms with Crippen LogP contribution >= 0.6 is 0 Å². The summed E-state index contributed by atoms with van der Waals surface area (Å²) < 4.78 is 17.5. The van der Waals surface area contributed by atoms with Crippen molar-refractivity contribution in [3.63, 3.8) is 0 Å². The number of anilines is 1. The van der Waals surface area contributed by atoms with E-state index in [1.807, 2.05) is 51.1 Å². The summed E-state index contributed by atoms with van der Waals surface area (Å²) in [5, 5.41) is 9.65. The minimum Gasteiger partial charge on any atom is -0.463 e. The van der Waals surface area contributed by atoms with Gasteiger partial charge in [-0.05, 0) is 65.5 Å². The van der Waals surface area contributed by atoms with E-state index in [4.69, 9.17) is 24.2 Å². The van der Waals surface area contributed by atoms with Gasteiger partial charge in [-0.1, -0.05) is 43.2 Å². The van der Waals surface area contributed by atoms with Crippen LogP contribution in [0, 0.1) is 23.2 Å². The number of carbonyl (C=O) groups excluding carboxylic acids is 2. The smallest absolute Gasteiger partial charge is 0.410 e. The first kappa shape index (κ1) is 34.4. The molecule has 2 atom stereocenters. The maximum atomic E-state index is 13.1. The Morgan fingerprint density at radius 2 is 1.85 bits per heavy atom. The Labute approximate surface area is 279 Å². The van der Waals surface area contributed by atoms with Crippen LogP contribution in [-0.4, -0.2) is 83.3 Å². The summed E-state index contributed by atoms with van der Waals surface area (Å²) in [7, 11) is 2.19. The third kappa shape index (κ3) is 9.34. The van der Waals surface area contributed by atoms with Gasteiger partial charge in [0.1, 0.15) is 18.0 Å². The molecule has 2 fully saturated rings. The molecular formula is C36H50N6O5. The van der Waals surface area contributed by atoms with E-state index in [-0.39, 0.29) is 49.5 Å². The summed E-state index contributed by atoms with van der Waals surface area (Å²) in [6.45, 7) is 9.06. The summed E-state index contributed by atoms with van der Waals surface area (Å²) >= 11 is 0. The zero-order valence-corrected chi connectivity index (χ0v) is 28.4. The first-order valence-corrected chi connectivity index (χ1v) is 17.1. The van der Waals surface area contributed by atoms with Gasteiger partial charge in [0.05, 0.1) is 30.8 Å². The van der Waals surface area contributed by atoms with Gasteiger partial charge in [0.2, 0.25) is 0 Å². The molecule has 1 unspecified atom stereocenters. The van der Waals surface area contributed by atoms with Crippen molar-refractivity contribution in [2.24, 2.45) is 11.8 Å². The molecule has 5 rings (SSSR count). The number of amides is 1. The number of esters is 1. The third-order valence-electron chi connectivity index (χ3n) is 9.42. The van der Waals surface area contributed by atoms with Gasteiger partial charge in [0.25, 0.3) is 0 Å². The molecule has 1 saturated carbocycles. The summed E-state index contributed by atoms with van der Waals surface area (Å²) in [5.74, 6) is -0.0441. The van der Waals surface area contributed by atoms with E-state index in [2.05, 4.69) is 22.9 Å². The molecular weight excluding hydrogens is 596 g/mol. The second-order valence-electron chi connectivity index (χ2n) is 14.1. The van der Waals surface area contributed by atoms with Crippen LogP contribution in [0.1, 0.15) is 82.5 Å². The van der Waals surface area contributed by atoms with Gasteiger partial charge in [-0.25, -0.2) is 4.79 Å². The van der Waals surface area contributed by atoms with Crippen molar-refractivity contribution in [2.45, 2.75) is 96.9 Å². The van der Waals surface area contributed by atoms with Gasteiger partial charge >= 0.3 is 18.1 Å². The topological polar surface area (TPSA) is 121 Å². The molecule has 11 nitrogen and oxygen atoms in total. The highest BCUT2D eigenvalue weighted by atomic mass is 16.6. The van der Waals surface area contributed by atoms with Gasteiger partial charge < -0.3 is 28.9 Å². The summed E-state index contributed by atoms with van der Waals surface area (Å²) in [4.78, 5) is 42.2. The Balaban J connectivity index is 1.31. The lowest BCUT2D eigenvalue weighted by Gasteiger charge is -2.39. The first-order chi connectivity index (χ1) is 22.6. The average molecular weight is 647 g/mol. The van der Waals surface area contributed by atoms with Crippen molar-refractivity contribution in [1.29, 1.82) is 5.26 Å². The first-order valence-electron chi connectivity index (χ1n) is 17.1. The number of aromatic nitrogens is 2. The van der Waals surface area contributed by atoms with E-state index in [0.717, 1.165) is 35.6 Å². The fourth-order valence-electron chi connectivity index (χ4n) is 6.92. The Morgan fingerprint density at radius 3 is 2.57 bits per heavy atom. The van der Waals surface area contributed by atoms with Crippen molar-refractivity contribution in [2.75, 3.05) is 44.7 Å². The number of nitrogens with zero attached hydrogens (tertiary/aromatic N) is 6. The molecule has 1 aliphatic carbocycles. The third-order valence-corrected chi connectivity index (χ3v) is 9.42. The van der Waals surface area contributed by atoms with Gasteiger partial charge in [-0.3, -0.25) is 4.79 Å². The van der Waals surface area contributed by atoms with E-state index < -0.39 is 5.60 Å². The molecule has 2 aliphatic heterocycles. The molecule has 0 bridgehead atoms. The van der Waals surface area contributed by atoms with Crippen LogP contribution in [0.25, 0.3) is 0 Å². The van der Waals surface area contributed by atoms with Crippen molar-refractivity contribution in [3.8, 4) is 12.1 Å². The summed E-state index contributed by atoms with van der Waals surface area (Å²) in [6.07, 6.45) is 6.96. The highest BCUT2D eigenvalue weighted by molar-refractivity contribution is 5.74. The lowest BCUT2D eigenvalue weighted by Crippen LogP contribution is -2.46. The maximum Gasteiger partial charge on any atom is 0.410 e. The molecule has 1 amide bonds. The van der Waals surface area contributed by atoms with Crippen LogP contribution in [0.2, 0.25) is 0 Å². The molecule has 0 N–H and O–H groups in total. The van der Waals surface area contributed by atoms with E-state index in [0.29, 0.717) is 45.1 Å². The highest BCUT2D eigenvalue weighted by Crippen LogP contribution is 2.35. The van der Waals surface area contributed by atoms with Crippen molar-refractivity contribution >= 4 is 17.9 Å². The number of carbonyl (C=O) groups is 2. The Bertz CT molecular complexity index is 1400. The fraction of sp³-hybridized carbons (Fsp3) is 0.639. The minimum absolute atomic E-state index is 0.197. The number of piperidine rings is 1. The molecule has 1 aromatic heterocycles. The molecule has 1 aromatic carbocycles. The molecule has 2 aromatic rings. The largest absolute Gasteiger partial charge is 0.463 e. The number of fused-ring (bicyclic) bond motifs is 1. The lowest BCUT2D eigenvalue weighted by molar-refractivity contribution is -0.162. The predicted molar refractivity (Wildman–Crippen MR) is 178 cm³/mol. The Hall–Kier alpha value is -3.91. The maximum absolute atomic E-state index is 13.1. The van der Waals surface area contributed by atoms with E-state index in [1.54, 1.807) is 4.90 Å². The normalized spacial score (nSPS) is 20.1. The number of nitriles is 1. The molecule has 1 saturated heterocycles. The zero-order chi connectivity index (χ0) is 33.4. The number of rotatable bonds is 11. The number of ether oxygens (including phenoxy) is 3. The van der Waals surface area contributed by atoms with Crippen LogP contribution in [-0.2, 0) is 33.8 Å². The monoisotopic (exact) mass is 646 g/mol. The van der Waals surface area contributed by atoms with E-state index >= 15 is 0 Å². The SMILES string of the molecule is CN(CCCOc1nc2c(c(N3CCC(C(=O)OC(C)(C)C)[C@@H](CC#N)C3)n1)CCN(C(=O)OCc1ccccc1)C2)C1CCCC1. The summed E-state index contributed by atoms with van der Waals surface area (Å²) in [6, 6.07) is 12.9. The minimum atomic E-state index is -0.594. The van der Waals surface area contributed by atoms with E-state index in [1.165, 1.54) is 25.7 Å². The number of hydrogen-bond acceptors (Lipinski definition) is 10. The molecule has 3 heterocycles. The van der Waals surface area contributed by atoms with Crippen LogP contribution in [0.5, 0.6) is 6.01 Å². The second kappa shape index (κ2) is 15.8. The van der Waals surface area contributed by atoms with Crippen LogP contribution in [0.4, 0.5) is 10.6 Å². The zero-order valence-electron chi connectivity index (χ0n) is 28.4. The van der Waals surface area contributed by atoms with Crippen LogP contribution in [0.15, 0.2) is 30.3 Å². The lowest BCUT2D eigenvalue weighted by atomic mass is 9.83. The molecule has 47 heavy (non-hydrogen) atoms. The van der Waals surface area contributed by atoms with Crippen molar-refractivity contribution < 1.29 is 23.8 Å². The fourth-order valence-corrected chi connectivity index (χ4v) is 6.92. The van der Waals surface area contributed by atoms with Crippen LogP contribution < -0.4 is 9.64 Å². The Morgan fingerprint density at radius 1 is 1.09 bits per heavy atom. The molecule has 0 radical (unpaired) electrons. The molecule has 11 heteroatoms. The standard InChI is InChI=1S/C36H50N6O5/c1-36(2,3)47-33(43)29-16-20-41(23-27(29)15-18-37)32-30-17-21-42(35(44)46-25-26-11-6-5-7-12-26)24-31(30)38-34(39-32)45-22-10-19-40(4)28-13-8-9-14-28/h5-7,11-12,27-29H,8-10,13-17,19-25H2,1-4H3/t27-,29?/m0/s1.